The number of benzene rings is 3. The van der Waals surface area contributed by atoms with E-state index in [0.29, 0.717) is 48.4 Å². The number of nitrogens with one attached hydrogen (secondary N) is 1. The van der Waals surface area contributed by atoms with Gasteiger partial charge in [0.2, 0.25) is 11.8 Å². The van der Waals surface area contributed by atoms with Crippen molar-refractivity contribution in [3.05, 3.63) is 87.7 Å². The molecule has 6 aliphatic heterocycles. The van der Waals surface area contributed by atoms with Gasteiger partial charge in [0, 0.05) is 94.3 Å². The van der Waals surface area contributed by atoms with Gasteiger partial charge >= 0.3 is 0 Å². The Hall–Kier alpha value is -5.52. The van der Waals surface area contributed by atoms with Gasteiger partial charge in [0.1, 0.15) is 17.9 Å². The van der Waals surface area contributed by atoms with Gasteiger partial charge in [-0.15, -0.1) is 0 Å². The topological polar surface area (TPSA) is 141 Å². The Labute approximate surface area is 353 Å². The van der Waals surface area contributed by atoms with Crippen LogP contribution in [0.5, 0.6) is 0 Å². The molecule has 9 rings (SSSR count). The molecule has 2 unspecified atom stereocenters. The molecule has 1 spiro atoms. The SMILES string of the molecule is CC1N(c2ccc(C#N)c(Cl)c2)CCC12CCN(c1ccc(C(=O)N3CCN(C4CCN(c5cc6c(cc5F)C(=O)N(C5CCC(=O)NC5=O)C6=O)CC4)CC3)cc1)CC2. The van der Waals surface area contributed by atoms with E-state index in [0.717, 1.165) is 87.2 Å². The molecule has 0 bridgehead atoms. The van der Waals surface area contributed by atoms with Crippen LogP contribution < -0.4 is 20.0 Å². The van der Waals surface area contributed by atoms with Crippen molar-refractivity contribution >= 4 is 58.2 Å². The molecule has 0 saturated carbocycles. The summed E-state index contributed by atoms with van der Waals surface area (Å²) >= 11 is 6.38. The van der Waals surface area contributed by atoms with Crippen LogP contribution in [0.25, 0.3) is 0 Å². The summed E-state index contributed by atoms with van der Waals surface area (Å²) < 4.78 is 15.5. The van der Waals surface area contributed by atoms with Crippen LogP contribution in [0.15, 0.2) is 54.6 Å². The van der Waals surface area contributed by atoms with Gasteiger partial charge in [-0.1, -0.05) is 11.6 Å². The maximum absolute atomic E-state index is 15.5. The van der Waals surface area contributed by atoms with Crippen LogP contribution in [0, 0.1) is 22.6 Å². The lowest BCUT2D eigenvalue weighted by Crippen LogP contribution is -2.54. The molecule has 2 atom stereocenters. The molecule has 3 aromatic carbocycles. The van der Waals surface area contributed by atoms with Gasteiger partial charge in [0.15, 0.2) is 0 Å². The van der Waals surface area contributed by atoms with Crippen molar-refractivity contribution in [1.29, 1.82) is 5.26 Å². The van der Waals surface area contributed by atoms with Crippen LogP contribution in [-0.4, -0.2) is 121 Å². The van der Waals surface area contributed by atoms with E-state index in [1.807, 2.05) is 40.1 Å². The normalized spacial score (nSPS) is 23.7. The lowest BCUT2D eigenvalue weighted by molar-refractivity contribution is -0.136. The zero-order valence-electron chi connectivity index (χ0n) is 33.7. The number of hydrogen-bond donors (Lipinski definition) is 1. The van der Waals surface area contributed by atoms with Gasteiger partial charge in [-0.25, -0.2) is 4.39 Å². The van der Waals surface area contributed by atoms with E-state index >= 15 is 4.39 Å². The summed E-state index contributed by atoms with van der Waals surface area (Å²) in [4.78, 5) is 76.1. The summed E-state index contributed by atoms with van der Waals surface area (Å²) in [6, 6.07) is 18.0. The molecule has 13 nitrogen and oxygen atoms in total. The van der Waals surface area contributed by atoms with Crippen LogP contribution in [0.3, 0.4) is 0 Å². The second-order valence-corrected chi connectivity index (χ2v) is 17.5. The number of anilines is 3. The fourth-order valence-electron chi connectivity index (χ4n) is 10.6. The summed E-state index contributed by atoms with van der Waals surface area (Å²) in [5, 5.41) is 12.0. The maximum Gasteiger partial charge on any atom is 0.262 e. The highest BCUT2D eigenvalue weighted by atomic mass is 35.5. The summed E-state index contributed by atoms with van der Waals surface area (Å²) in [5.41, 5.74) is 3.87. The van der Waals surface area contributed by atoms with Crippen LogP contribution in [0.1, 0.15) is 88.5 Å². The van der Waals surface area contributed by atoms with E-state index in [9.17, 15) is 29.2 Å². The molecule has 6 aliphatic rings. The van der Waals surface area contributed by atoms with Crippen molar-refractivity contribution in [3.8, 4) is 6.07 Å². The Morgan fingerprint density at radius 1 is 0.800 bits per heavy atom. The van der Waals surface area contributed by atoms with Crippen molar-refractivity contribution in [2.75, 3.05) is 73.6 Å². The average molecular weight is 835 g/mol. The molecular weight excluding hydrogens is 787 g/mol. The van der Waals surface area contributed by atoms with Gasteiger partial charge < -0.3 is 19.6 Å². The first-order chi connectivity index (χ1) is 28.9. The van der Waals surface area contributed by atoms with Gasteiger partial charge in [0.25, 0.3) is 17.7 Å². The molecule has 0 aliphatic carbocycles. The number of piperazine rings is 1. The van der Waals surface area contributed by atoms with E-state index in [1.54, 1.807) is 0 Å². The van der Waals surface area contributed by atoms with E-state index in [-0.39, 0.29) is 47.0 Å². The second-order valence-electron chi connectivity index (χ2n) is 17.1. The van der Waals surface area contributed by atoms with E-state index < -0.39 is 35.5 Å². The molecule has 5 amide bonds. The largest absolute Gasteiger partial charge is 0.371 e. The summed E-state index contributed by atoms with van der Waals surface area (Å²) in [7, 11) is 0. The number of nitriles is 1. The van der Waals surface area contributed by atoms with Gasteiger partial charge in [0.05, 0.1) is 27.4 Å². The minimum Gasteiger partial charge on any atom is -0.371 e. The third-order valence-electron chi connectivity index (χ3n) is 14.3. The van der Waals surface area contributed by atoms with Crippen LogP contribution in [0.2, 0.25) is 5.02 Å². The zero-order chi connectivity index (χ0) is 41.9. The third-order valence-corrected chi connectivity index (χ3v) is 14.6. The third kappa shape index (κ3) is 7.05. The first kappa shape index (κ1) is 39.9. The lowest BCUT2D eigenvalue weighted by atomic mass is 9.73. The molecule has 0 radical (unpaired) electrons. The maximum atomic E-state index is 15.5. The van der Waals surface area contributed by atoms with Gasteiger partial charge in [-0.05, 0) is 105 Å². The lowest BCUT2D eigenvalue weighted by Gasteiger charge is -2.44. The molecule has 5 fully saturated rings. The standard InChI is InChI=1S/C45H48ClFN8O5/c1-28-45(14-19-54(28)33-7-4-30(27-48)36(46)24-33)12-17-50(18-13-45)31-5-2-29(3-6-31)42(58)53-22-20-51(21-23-53)32-10-15-52(16-11-32)39-26-35-34(25-37(39)47)43(59)55(44(35)60)38-8-9-40(56)49-41(38)57/h2-7,24-26,28,32,38H,8-23H2,1H3,(H,49,56,57). The Bertz CT molecular complexity index is 2290. The van der Waals surface area contributed by atoms with Gasteiger partial charge in [-0.3, -0.25) is 39.1 Å². The average Bonchev–Trinajstić information content (AvgIpc) is 3.70. The number of rotatable bonds is 6. The number of imide groups is 2. The van der Waals surface area contributed by atoms with E-state index in [1.165, 1.54) is 6.07 Å². The highest BCUT2D eigenvalue weighted by Gasteiger charge is 2.47. The highest BCUT2D eigenvalue weighted by Crippen LogP contribution is 2.48. The fraction of sp³-hybridized carbons (Fsp3) is 0.467. The highest BCUT2D eigenvalue weighted by molar-refractivity contribution is 6.32. The Balaban J connectivity index is 0.747. The zero-order valence-corrected chi connectivity index (χ0v) is 34.4. The summed E-state index contributed by atoms with van der Waals surface area (Å²) in [6.07, 6.45) is 4.90. The van der Waals surface area contributed by atoms with E-state index in [2.05, 4.69) is 45.1 Å². The predicted molar refractivity (Wildman–Crippen MR) is 224 cm³/mol. The molecule has 312 valence electrons. The number of hydrogen-bond acceptors (Lipinski definition) is 10. The molecule has 1 N–H and O–H groups in total. The number of amides is 5. The van der Waals surface area contributed by atoms with Crippen LogP contribution >= 0.6 is 11.6 Å². The summed E-state index contributed by atoms with van der Waals surface area (Å²) in [5.74, 6) is -3.10. The van der Waals surface area contributed by atoms with Crippen molar-refractivity contribution < 1.29 is 28.4 Å². The monoisotopic (exact) mass is 834 g/mol. The molecular formula is C45H48ClFN8O5. The molecule has 6 heterocycles. The number of nitrogens with zero attached hydrogens (tertiary/aromatic N) is 7. The van der Waals surface area contributed by atoms with Crippen molar-refractivity contribution in [2.45, 2.75) is 70.0 Å². The number of fused-ring (bicyclic) bond motifs is 1. The summed E-state index contributed by atoms with van der Waals surface area (Å²) in [6.45, 7) is 9.06. The van der Waals surface area contributed by atoms with Crippen LogP contribution in [0.4, 0.5) is 21.5 Å². The fourth-order valence-corrected chi connectivity index (χ4v) is 10.8. The smallest absolute Gasteiger partial charge is 0.262 e. The molecule has 5 saturated heterocycles. The quantitative estimate of drug-likeness (QED) is 0.335. The number of piperidine rings is 3. The molecule has 0 aromatic heterocycles. The Morgan fingerprint density at radius 3 is 2.10 bits per heavy atom. The van der Waals surface area contributed by atoms with Crippen molar-refractivity contribution in [1.82, 2.24) is 20.0 Å². The Kier molecular flexibility index (Phi) is 10.5. The molecule has 15 heteroatoms. The van der Waals surface area contributed by atoms with Crippen LogP contribution in [-0.2, 0) is 9.59 Å². The molecule has 60 heavy (non-hydrogen) atoms. The predicted octanol–water partition coefficient (Wildman–Crippen LogP) is 5.06. The van der Waals surface area contributed by atoms with Crippen molar-refractivity contribution in [3.63, 3.8) is 0 Å². The minimum absolute atomic E-state index is 0.0134. The molecule has 3 aromatic rings. The number of carbonyl (C=O) groups excluding carboxylic acids is 5. The second kappa shape index (κ2) is 15.8. The minimum atomic E-state index is -1.11. The van der Waals surface area contributed by atoms with E-state index in [4.69, 9.17) is 11.6 Å². The first-order valence-electron chi connectivity index (χ1n) is 21.1. The van der Waals surface area contributed by atoms with Gasteiger partial charge in [-0.2, -0.15) is 5.26 Å². The Morgan fingerprint density at radius 2 is 1.45 bits per heavy atom. The number of carbonyl (C=O) groups is 5. The number of halogens is 2. The van der Waals surface area contributed by atoms with Crippen molar-refractivity contribution in [2.24, 2.45) is 5.41 Å². The first-order valence-corrected chi connectivity index (χ1v) is 21.5.